The smallest absolute Gasteiger partial charge is 0.309 e. The van der Waals surface area contributed by atoms with Crippen molar-refractivity contribution in [1.82, 2.24) is 0 Å². The van der Waals surface area contributed by atoms with Gasteiger partial charge in [0.25, 0.3) is 0 Å². The van der Waals surface area contributed by atoms with Gasteiger partial charge in [0.05, 0.1) is 13.5 Å². The summed E-state index contributed by atoms with van der Waals surface area (Å²) >= 11 is 0. The molecule has 4 nitrogen and oxygen atoms in total. The minimum Gasteiger partial charge on any atom is -0.490 e. The standard InChI is InChI=1S/C13H16O4/c1-9(8-13(15)16-3)17-12-6-4-11(5-7-12)10(2)14/h4-7,9H,8H2,1-3H3. The van der Waals surface area contributed by atoms with Crippen LogP contribution in [0.25, 0.3) is 0 Å². The van der Waals surface area contributed by atoms with Crippen LogP contribution in [0.2, 0.25) is 0 Å². The molecule has 17 heavy (non-hydrogen) atoms. The van der Waals surface area contributed by atoms with Crippen LogP contribution >= 0.6 is 0 Å². The van der Waals surface area contributed by atoms with E-state index in [9.17, 15) is 9.59 Å². The van der Waals surface area contributed by atoms with Crippen molar-refractivity contribution in [2.45, 2.75) is 26.4 Å². The van der Waals surface area contributed by atoms with Crippen LogP contribution in [0.3, 0.4) is 0 Å². The fourth-order valence-corrected chi connectivity index (χ4v) is 1.36. The molecule has 0 aliphatic rings. The van der Waals surface area contributed by atoms with Crippen LogP contribution in [0.4, 0.5) is 0 Å². The van der Waals surface area contributed by atoms with Gasteiger partial charge in [0.2, 0.25) is 0 Å². The lowest BCUT2D eigenvalue weighted by molar-refractivity contribution is -0.142. The molecule has 4 heteroatoms. The van der Waals surface area contributed by atoms with Crippen molar-refractivity contribution in [1.29, 1.82) is 0 Å². The topological polar surface area (TPSA) is 52.6 Å². The summed E-state index contributed by atoms with van der Waals surface area (Å²) in [5.74, 6) is 0.336. The molecule has 0 heterocycles. The van der Waals surface area contributed by atoms with E-state index in [0.29, 0.717) is 11.3 Å². The Bertz CT molecular complexity index is 394. The average Bonchev–Trinajstić information content (AvgIpc) is 2.29. The Hall–Kier alpha value is -1.84. The molecule has 0 aliphatic carbocycles. The Balaban J connectivity index is 2.57. The van der Waals surface area contributed by atoms with E-state index >= 15 is 0 Å². The minimum absolute atomic E-state index is 0.0131. The molecule has 0 saturated heterocycles. The van der Waals surface area contributed by atoms with Gasteiger partial charge in [0.1, 0.15) is 11.9 Å². The maximum atomic E-state index is 11.1. The van der Waals surface area contributed by atoms with Crippen molar-refractivity contribution in [3.63, 3.8) is 0 Å². The molecule has 1 aromatic carbocycles. The minimum atomic E-state index is -0.308. The van der Waals surface area contributed by atoms with Crippen LogP contribution in [0.15, 0.2) is 24.3 Å². The van der Waals surface area contributed by atoms with Gasteiger partial charge in [-0.1, -0.05) is 0 Å². The summed E-state index contributed by atoms with van der Waals surface area (Å²) in [4.78, 5) is 22.1. The van der Waals surface area contributed by atoms with Crippen LogP contribution in [0.5, 0.6) is 5.75 Å². The van der Waals surface area contributed by atoms with Crippen LogP contribution in [-0.4, -0.2) is 25.0 Å². The second kappa shape index (κ2) is 6.03. The number of Topliss-reactive ketones (excluding diaryl/α,β-unsaturated/α-hetero) is 1. The summed E-state index contributed by atoms with van der Waals surface area (Å²) in [7, 11) is 1.34. The third-order valence-corrected chi connectivity index (χ3v) is 2.28. The van der Waals surface area contributed by atoms with Crippen molar-refractivity contribution in [3.05, 3.63) is 29.8 Å². The van der Waals surface area contributed by atoms with Crippen molar-refractivity contribution < 1.29 is 19.1 Å². The first-order chi connectivity index (χ1) is 8.02. The van der Waals surface area contributed by atoms with Gasteiger partial charge >= 0.3 is 5.97 Å². The first-order valence-electron chi connectivity index (χ1n) is 5.37. The lowest BCUT2D eigenvalue weighted by atomic mass is 10.1. The molecule has 0 N–H and O–H groups in total. The molecule has 0 aliphatic heterocycles. The number of ketones is 1. The first-order valence-corrected chi connectivity index (χ1v) is 5.37. The Labute approximate surface area is 101 Å². The predicted octanol–water partition coefficient (Wildman–Crippen LogP) is 2.22. The van der Waals surface area contributed by atoms with E-state index in [2.05, 4.69) is 4.74 Å². The number of benzene rings is 1. The number of esters is 1. The molecule has 92 valence electrons. The summed E-state index contributed by atoms with van der Waals surface area (Å²) in [6, 6.07) is 6.82. The summed E-state index contributed by atoms with van der Waals surface area (Å²) in [6.07, 6.45) is -0.0593. The quantitative estimate of drug-likeness (QED) is 0.581. The molecular formula is C13H16O4. The highest BCUT2D eigenvalue weighted by Gasteiger charge is 2.10. The number of rotatable bonds is 5. The Kier molecular flexibility index (Phi) is 4.69. The molecule has 0 fully saturated rings. The van der Waals surface area contributed by atoms with Crippen molar-refractivity contribution in [3.8, 4) is 5.75 Å². The molecule has 0 radical (unpaired) electrons. The number of hydrogen-bond acceptors (Lipinski definition) is 4. The van der Waals surface area contributed by atoms with Gasteiger partial charge in [0.15, 0.2) is 5.78 Å². The van der Waals surface area contributed by atoms with E-state index in [0.717, 1.165) is 0 Å². The molecule has 1 rings (SSSR count). The zero-order chi connectivity index (χ0) is 12.8. The molecule has 0 aromatic heterocycles. The zero-order valence-electron chi connectivity index (χ0n) is 10.2. The van der Waals surface area contributed by atoms with Crippen molar-refractivity contribution in [2.24, 2.45) is 0 Å². The molecule has 1 aromatic rings. The van der Waals surface area contributed by atoms with Crippen LogP contribution in [0.1, 0.15) is 30.6 Å². The van der Waals surface area contributed by atoms with E-state index in [-0.39, 0.29) is 24.3 Å². The van der Waals surface area contributed by atoms with Crippen LogP contribution in [0, 0.1) is 0 Å². The summed E-state index contributed by atoms with van der Waals surface area (Å²) in [5.41, 5.74) is 0.637. The molecular weight excluding hydrogens is 220 g/mol. The second-order valence-electron chi connectivity index (χ2n) is 3.79. The SMILES string of the molecule is COC(=O)CC(C)Oc1ccc(C(C)=O)cc1. The van der Waals surface area contributed by atoms with E-state index < -0.39 is 0 Å². The van der Waals surface area contributed by atoms with Crippen molar-refractivity contribution in [2.75, 3.05) is 7.11 Å². The van der Waals surface area contributed by atoms with Crippen LogP contribution in [-0.2, 0) is 9.53 Å². The number of ether oxygens (including phenoxy) is 2. The highest BCUT2D eigenvalue weighted by atomic mass is 16.5. The van der Waals surface area contributed by atoms with Crippen LogP contribution < -0.4 is 4.74 Å². The van der Waals surface area contributed by atoms with E-state index in [1.807, 2.05) is 0 Å². The summed E-state index contributed by atoms with van der Waals surface area (Å²) in [6.45, 7) is 3.30. The third-order valence-electron chi connectivity index (χ3n) is 2.28. The number of carbonyl (C=O) groups excluding carboxylic acids is 2. The number of carbonyl (C=O) groups is 2. The maximum Gasteiger partial charge on any atom is 0.309 e. The first kappa shape index (κ1) is 13.2. The van der Waals surface area contributed by atoms with Gasteiger partial charge in [-0.3, -0.25) is 9.59 Å². The summed E-state index contributed by atoms with van der Waals surface area (Å²) < 4.78 is 10.1. The third kappa shape index (κ3) is 4.26. The summed E-state index contributed by atoms with van der Waals surface area (Å²) in [5, 5.41) is 0. The predicted molar refractivity (Wildman–Crippen MR) is 63.2 cm³/mol. The van der Waals surface area contributed by atoms with Crippen molar-refractivity contribution >= 4 is 11.8 Å². The van der Waals surface area contributed by atoms with E-state index in [4.69, 9.17) is 4.74 Å². The molecule has 0 saturated carbocycles. The van der Waals surface area contributed by atoms with Gasteiger partial charge in [-0.25, -0.2) is 0 Å². The van der Waals surface area contributed by atoms with E-state index in [1.165, 1.54) is 14.0 Å². The average molecular weight is 236 g/mol. The molecule has 1 unspecified atom stereocenters. The highest BCUT2D eigenvalue weighted by Crippen LogP contribution is 2.15. The fraction of sp³-hybridized carbons (Fsp3) is 0.385. The molecule has 0 bridgehead atoms. The number of hydrogen-bond donors (Lipinski definition) is 0. The largest absolute Gasteiger partial charge is 0.490 e. The van der Waals surface area contributed by atoms with Gasteiger partial charge in [-0.15, -0.1) is 0 Å². The maximum absolute atomic E-state index is 11.1. The molecule has 0 spiro atoms. The van der Waals surface area contributed by atoms with Gasteiger partial charge < -0.3 is 9.47 Å². The molecule has 0 amide bonds. The van der Waals surface area contributed by atoms with Gasteiger partial charge in [-0.2, -0.15) is 0 Å². The van der Waals surface area contributed by atoms with Gasteiger partial charge in [-0.05, 0) is 38.1 Å². The number of methoxy groups -OCH3 is 1. The lowest BCUT2D eigenvalue weighted by Crippen LogP contribution is -2.17. The fourth-order valence-electron chi connectivity index (χ4n) is 1.36. The Morgan fingerprint density at radius 2 is 1.82 bits per heavy atom. The lowest BCUT2D eigenvalue weighted by Gasteiger charge is -2.13. The Morgan fingerprint density at radius 1 is 1.24 bits per heavy atom. The highest BCUT2D eigenvalue weighted by molar-refractivity contribution is 5.94. The Morgan fingerprint density at radius 3 is 2.29 bits per heavy atom. The van der Waals surface area contributed by atoms with E-state index in [1.54, 1.807) is 31.2 Å². The normalized spacial score (nSPS) is 11.7. The second-order valence-corrected chi connectivity index (χ2v) is 3.79. The monoisotopic (exact) mass is 236 g/mol. The molecule has 1 atom stereocenters. The zero-order valence-corrected chi connectivity index (χ0v) is 10.2. The van der Waals surface area contributed by atoms with Gasteiger partial charge in [0, 0.05) is 5.56 Å².